The number of ether oxygens (including phenoxy) is 1. The van der Waals surface area contributed by atoms with Crippen LogP contribution < -0.4 is 5.32 Å². The molecule has 0 aliphatic heterocycles. The Hall–Kier alpha value is -0.420. The van der Waals surface area contributed by atoms with Gasteiger partial charge in [0.05, 0.1) is 6.04 Å². The molecule has 0 rings (SSSR count). The average Bonchev–Trinajstić information content (AvgIpc) is 2.68. The summed E-state index contributed by atoms with van der Waals surface area (Å²) < 4.78 is 4.98. The van der Waals surface area contributed by atoms with Crippen LogP contribution in [0, 0.1) is 5.92 Å². The van der Waals surface area contributed by atoms with Gasteiger partial charge < -0.3 is 14.9 Å². The first-order valence-corrected chi connectivity index (χ1v) is 11.8. The molecule has 0 aromatic carbocycles. The summed E-state index contributed by atoms with van der Waals surface area (Å²) >= 11 is 0. The number of rotatable bonds is 20. The highest BCUT2D eigenvalue weighted by Gasteiger charge is 2.24. The smallest absolute Gasteiger partial charge is 0.169 e. The van der Waals surface area contributed by atoms with Crippen LogP contribution in [0.2, 0.25) is 0 Å². The second-order valence-electron chi connectivity index (χ2n) is 8.45. The van der Waals surface area contributed by atoms with E-state index in [2.05, 4.69) is 24.4 Å². The van der Waals surface area contributed by atoms with E-state index in [9.17, 15) is 10.2 Å². The van der Waals surface area contributed by atoms with Gasteiger partial charge in [-0.05, 0) is 44.4 Å². The van der Waals surface area contributed by atoms with Crippen LogP contribution in [0.5, 0.6) is 0 Å². The van der Waals surface area contributed by atoms with E-state index in [4.69, 9.17) is 4.74 Å². The van der Waals surface area contributed by atoms with Gasteiger partial charge in [-0.1, -0.05) is 84.3 Å². The molecule has 0 aliphatic carbocycles. The first-order chi connectivity index (χ1) is 13.5. The summed E-state index contributed by atoms with van der Waals surface area (Å²) in [6.07, 6.45) is 20.6. The minimum Gasteiger partial charge on any atom is -0.379 e. The quantitative estimate of drug-likeness (QED) is 0.135. The highest BCUT2D eigenvalue weighted by molar-refractivity contribution is 4.81. The van der Waals surface area contributed by atoms with Gasteiger partial charge in [-0.15, -0.1) is 0 Å². The van der Waals surface area contributed by atoms with Crippen LogP contribution in [-0.2, 0) is 4.74 Å². The molecule has 0 bridgehead atoms. The Balaban J connectivity index is 3.50. The predicted molar refractivity (Wildman–Crippen MR) is 120 cm³/mol. The summed E-state index contributed by atoms with van der Waals surface area (Å²) in [5.74, 6) is 0.193. The molecule has 0 saturated carbocycles. The Morgan fingerprint density at radius 3 is 1.79 bits per heavy atom. The van der Waals surface area contributed by atoms with Crippen molar-refractivity contribution in [3.63, 3.8) is 0 Å². The molecule has 0 aliphatic rings. The van der Waals surface area contributed by atoms with Crippen LogP contribution in [0.4, 0.5) is 0 Å². The lowest BCUT2D eigenvalue weighted by Gasteiger charge is -2.29. The molecule has 0 radical (unpaired) electrons. The maximum atomic E-state index is 10.1. The summed E-state index contributed by atoms with van der Waals surface area (Å²) in [7, 11) is 1.48. The van der Waals surface area contributed by atoms with Crippen LogP contribution in [0.3, 0.4) is 0 Å². The number of allylic oxidation sites excluding steroid dienone is 2. The summed E-state index contributed by atoms with van der Waals surface area (Å²) in [6.45, 7) is 6.28. The molecule has 3 unspecified atom stereocenters. The standard InChI is InChI=1S/C24H49NO3/c1-5-6-7-8-9-10-11-12-13-14-15-16-17-18-19-20-22(26)25-23(21(2)3)24(27)28-4/h12-13,21-27H,5-11,14-20H2,1-4H3. The predicted octanol–water partition coefficient (Wildman–Crippen LogP) is 5.92. The second kappa shape index (κ2) is 19.9. The van der Waals surface area contributed by atoms with E-state index in [0.717, 1.165) is 19.3 Å². The molecule has 0 heterocycles. The van der Waals surface area contributed by atoms with Crippen molar-refractivity contribution < 1.29 is 14.9 Å². The van der Waals surface area contributed by atoms with Crippen molar-refractivity contribution in [1.82, 2.24) is 5.32 Å². The molecule has 3 N–H and O–H groups in total. The van der Waals surface area contributed by atoms with Crippen molar-refractivity contribution in [1.29, 1.82) is 0 Å². The van der Waals surface area contributed by atoms with E-state index < -0.39 is 12.5 Å². The van der Waals surface area contributed by atoms with Crippen LogP contribution in [0.1, 0.15) is 111 Å². The molecule has 0 amide bonds. The van der Waals surface area contributed by atoms with E-state index in [-0.39, 0.29) is 12.0 Å². The SMILES string of the molecule is CCCCCCCCC=CCCCCCCCC(O)NC(C(C)C)C(O)OC. The van der Waals surface area contributed by atoms with E-state index in [1.165, 1.54) is 77.7 Å². The molecular formula is C24H49NO3. The van der Waals surface area contributed by atoms with Crippen molar-refractivity contribution >= 4 is 0 Å². The van der Waals surface area contributed by atoms with Crippen LogP contribution >= 0.6 is 0 Å². The Labute approximate surface area is 175 Å². The van der Waals surface area contributed by atoms with E-state index in [1.807, 2.05) is 13.8 Å². The average molecular weight is 400 g/mol. The molecule has 168 valence electrons. The maximum absolute atomic E-state index is 10.1. The van der Waals surface area contributed by atoms with Crippen LogP contribution in [0.15, 0.2) is 12.2 Å². The third-order valence-electron chi connectivity index (χ3n) is 5.39. The van der Waals surface area contributed by atoms with Gasteiger partial charge in [0.15, 0.2) is 6.29 Å². The first kappa shape index (κ1) is 27.6. The third-order valence-corrected chi connectivity index (χ3v) is 5.39. The molecule has 4 nitrogen and oxygen atoms in total. The Bertz CT molecular complexity index is 347. The maximum Gasteiger partial charge on any atom is 0.169 e. The van der Waals surface area contributed by atoms with Gasteiger partial charge in [-0.25, -0.2) is 0 Å². The summed E-state index contributed by atoms with van der Waals surface area (Å²) in [4.78, 5) is 0. The number of unbranched alkanes of at least 4 members (excludes halogenated alkanes) is 11. The molecule has 3 atom stereocenters. The minimum absolute atomic E-state index is 0.193. The third kappa shape index (κ3) is 16.5. The van der Waals surface area contributed by atoms with E-state index in [1.54, 1.807) is 0 Å². The number of hydrogen-bond acceptors (Lipinski definition) is 4. The topological polar surface area (TPSA) is 61.7 Å². The van der Waals surface area contributed by atoms with Gasteiger partial charge in [0.25, 0.3) is 0 Å². The van der Waals surface area contributed by atoms with Crippen molar-refractivity contribution in [2.24, 2.45) is 5.92 Å². The number of aliphatic hydroxyl groups is 2. The van der Waals surface area contributed by atoms with Crippen molar-refractivity contribution in [3.8, 4) is 0 Å². The highest BCUT2D eigenvalue weighted by Crippen LogP contribution is 2.12. The van der Waals surface area contributed by atoms with Gasteiger partial charge in [-0.3, -0.25) is 5.32 Å². The van der Waals surface area contributed by atoms with Crippen molar-refractivity contribution in [2.45, 2.75) is 129 Å². The highest BCUT2D eigenvalue weighted by atomic mass is 16.6. The largest absolute Gasteiger partial charge is 0.379 e. The summed E-state index contributed by atoms with van der Waals surface area (Å²) in [6, 6.07) is -0.247. The van der Waals surface area contributed by atoms with E-state index in [0.29, 0.717) is 0 Å². The Kier molecular flexibility index (Phi) is 19.6. The van der Waals surface area contributed by atoms with Gasteiger partial charge in [0, 0.05) is 7.11 Å². The number of hydrogen-bond donors (Lipinski definition) is 3. The lowest BCUT2D eigenvalue weighted by molar-refractivity contribution is -0.116. The number of nitrogens with one attached hydrogen (secondary N) is 1. The van der Waals surface area contributed by atoms with Crippen molar-refractivity contribution in [3.05, 3.63) is 12.2 Å². The molecule has 4 heteroatoms. The normalized spacial score (nSPS) is 15.4. The zero-order chi connectivity index (χ0) is 21.0. The van der Waals surface area contributed by atoms with Crippen molar-refractivity contribution in [2.75, 3.05) is 7.11 Å². The lowest BCUT2D eigenvalue weighted by atomic mass is 10.0. The summed E-state index contributed by atoms with van der Waals surface area (Å²) in [5, 5.41) is 23.1. The number of aliphatic hydroxyl groups excluding tert-OH is 2. The Morgan fingerprint density at radius 2 is 1.29 bits per heavy atom. The molecule has 0 aromatic rings. The van der Waals surface area contributed by atoms with Gasteiger partial charge >= 0.3 is 0 Å². The lowest BCUT2D eigenvalue weighted by Crippen LogP contribution is -2.49. The second-order valence-corrected chi connectivity index (χ2v) is 8.45. The summed E-state index contributed by atoms with van der Waals surface area (Å²) in [5.41, 5.74) is 0. The monoisotopic (exact) mass is 399 g/mol. The molecule has 0 fully saturated rings. The fraction of sp³-hybridized carbons (Fsp3) is 0.917. The van der Waals surface area contributed by atoms with Gasteiger partial charge in [-0.2, -0.15) is 0 Å². The van der Waals surface area contributed by atoms with Gasteiger partial charge in [0.1, 0.15) is 6.23 Å². The zero-order valence-corrected chi connectivity index (χ0v) is 19.2. The Morgan fingerprint density at radius 1 is 0.786 bits per heavy atom. The molecule has 0 spiro atoms. The molecule has 28 heavy (non-hydrogen) atoms. The zero-order valence-electron chi connectivity index (χ0n) is 19.2. The molecule has 0 aromatic heterocycles. The van der Waals surface area contributed by atoms with Crippen LogP contribution in [0.25, 0.3) is 0 Å². The fourth-order valence-electron chi connectivity index (χ4n) is 3.46. The van der Waals surface area contributed by atoms with Crippen LogP contribution in [-0.4, -0.2) is 35.9 Å². The van der Waals surface area contributed by atoms with E-state index >= 15 is 0 Å². The first-order valence-electron chi connectivity index (χ1n) is 11.8. The number of methoxy groups -OCH3 is 1. The van der Waals surface area contributed by atoms with Gasteiger partial charge in [0.2, 0.25) is 0 Å². The fourth-order valence-corrected chi connectivity index (χ4v) is 3.46. The molecule has 0 saturated heterocycles. The minimum atomic E-state index is -0.885. The molecular weight excluding hydrogens is 350 g/mol.